The molecule has 29 heavy (non-hydrogen) atoms. The van der Waals surface area contributed by atoms with Crippen LogP contribution in [0.5, 0.6) is 0 Å². The van der Waals surface area contributed by atoms with Gasteiger partial charge in [0, 0.05) is 24.2 Å². The number of benzene rings is 2. The molecule has 0 saturated carbocycles. The normalized spacial score (nSPS) is 16.3. The van der Waals surface area contributed by atoms with Gasteiger partial charge in [-0.25, -0.2) is 0 Å². The van der Waals surface area contributed by atoms with Gasteiger partial charge in [-0.3, -0.25) is 9.59 Å². The van der Waals surface area contributed by atoms with E-state index in [0.29, 0.717) is 18.7 Å². The van der Waals surface area contributed by atoms with Gasteiger partial charge in [-0.05, 0) is 55.8 Å². The fourth-order valence-corrected chi connectivity index (χ4v) is 3.80. The van der Waals surface area contributed by atoms with E-state index in [1.165, 1.54) is 5.56 Å². The quantitative estimate of drug-likeness (QED) is 0.720. The third kappa shape index (κ3) is 4.40. The van der Waals surface area contributed by atoms with Crippen molar-refractivity contribution in [2.45, 2.75) is 45.9 Å². The van der Waals surface area contributed by atoms with Gasteiger partial charge >= 0.3 is 0 Å². The number of H-pyrrole nitrogens is 1. The van der Waals surface area contributed by atoms with Gasteiger partial charge in [-0.2, -0.15) is 0 Å². The second kappa shape index (κ2) is 8.21. The van der Waals surface area contributed by atoms with Gasteiger partial charge in [0.15, 0.2) is 0 Å². The monoisotopic (exact) mass is 390 g/mol. The number of nitrogens with one attached hydrogen (secondary N) is 1. The Morgan fingerprint density at radius 2 is 1.83 bits per heavy atom. The summed E-state index contributed by atoms with van der Waals surface area (Å²) in [6, 6.07) is 16.0. The number of pyridine rings is 1. The molecular formula is C24H26N2O3. The molecule has 1 unspecified atom stereocenters. The first-order valence-corrected chi connectivity index (χ1v) is 10.1. The van der Waals surface area contributed by atoms with Gasteiger partial charge in [-0.1, -0.05) is 41.5 Å². The second-order valence-corrected chi connectivity index (χ2v) is 7.90. The van der Waals surface area contributed by atoms with Crippen LogP contribution in [0, 0.1) is 13.8 Å². The molecule has 1 atom stereocenters. The zero-order chi connectivity index (χ0) is 20.4. The highest BCUT2D eigenvalue weighted by molar-refractivity contribution is 5.82. The molecule has 1 fully saturated rings. The first kappa shape index (κ1) is 19.4. The smallest absolute Gasteiger partial charge is 0.253 e. The number of aryl methyl sites for hydroxylation is 2. The molecule has 2 heterocycles. The molecule has 1 aliphatic heterocycles. The van der Waals surface area contributed by atoms with Crippen molar-refractivity contribution >= 4 is 16.8 Å². The van der Waals surface area contributed by atoms with E-state index >= 15 is 0 Å². The number of amides is 1. The third-order valence-electron chi connectivity index (χ3n) is 5.45. The predicted octanol–water partition coefficient (Wildman–Crippen LogP) is 3.85. The number of hydrogen-bond donors (Lipinski definition) is 1. The molecule has 2 aromatic carbocycles. The van der Waals surface area contributed by atoms with E-state index in [9.17, 15) is 9.59 Å². The largest absolute Gasteiger partial charge is 0.368 e. The van der Waals surface area contributed by atoms with Crippen molar-refractivity contribution in [1.29, 1.82) is 0 Å². The van der Waals surface area contributed by atoms with Crippen LogP contribution in [0.25, 0.3) is 10.9 Å². The lowest BCUT2D eigenvalue weighted by Gasteiger charge is -2.25. The molecule has 0 spiro atoms. The summed E-state index contributed by atoms with van der Waals surface area (Å²) >= 11 is 0. The van der Waals surface area contributed by atoms with Crippen molar-refractivity contribution in [2.24, 2.45) is 0 Å². The molecule has 0 bridgehead atoms. The number of aromatic nitrogens is 1. The highest BCUT2D eigenvalue weighted by atomic mass is 16.5. The van der Waals surface area contributed by atoms with Crippen LogP contribution in [0.3, 0.4) is 0 Å². The minimum Gasteiger partial charge on any atom is -0.368 e. The average molecular weight is 390 g/mol. The van der Waals surface area contributed by atoms with Crippen molar-refractivity contribution in [3.8, 4) is 0 Å². The molecule has 5 heteroatoms. The van der Waals surface area contributed by atoms with Crippen molar-refractivity contribution in [2.75, 3.05) is 6.61 Å². The van der Waals surface area contributed by atoms with Crippen molar-refractivity contribution in [1.82, 2.24) is 9.88 Å². The minimum atomic E-state index is -0.415. The average Bonchev–Trinajstić information content (AvgIpc) is 3.24. The van der Waals surface area contributed by atoms with E-state index in [1.807, 2.05) is 62.4 Å². The van der Waals surface area contributed by atoms with Crippen LogP contribution in [0.15, 0.2) is 53.3 Å². The van der Waals surface area contributed by atoms with Crippen LogP contribution in [-0.2, 0) is 22.6 Å². The number of fused-ring (bicyclic) bond motifs is 1. The zero-order valence-electron chi connectivity index (χ0n) is 16.9. The maximum Gasteiger partial charge on any atom is 0.253 e. The predicted molar refractivity (Wildman–Crippen MR) is 114 cm³/mol. The lowest BCUT2D eigenvalue weighted by atomic mass is 10.1. The number of aromatic amines is 1. The highest BCUT2D eigenvalue weighted by Crippen LogP contribution is 2.20. The second-order valence-electron chi connectivity index (χ2n) is 7.90. The van der Waals surface area contributed by atoms with Gasteiger partial charge in [0.25, 0.3) is 11.5 Å². The summed E-state index contributed by atoms with van der Waals surface area (Å²) in [4.78, 5) is 30.5. The molecule has 4 rings (SSSR count). The Labute approximate surface area is 170 Å². The van der Waals surface area contributed by atoms with E-state index in [1.54, 1.807) is 4.90 Å². The standard InChI is InChI=1S/C24H26N2O3/c1-16-5-8-18(9-6-16)14-26(24(28)22-4-3-11-29-22)15-20-13-19-12-17(2)7-10-21(19)25-23(20)27/h5-10,12-13,22H,3-4,11,14-15H2,1-2H3,(H,25,27). The van der Waals surface area contributed by atoms with Gasteiger partial charge in [0.05, 0.1) is 6.54 Å². The first-order chi connectivity index (χ1) is 14.0. The summed E-state index contributed by atoms with van der Waals surface area (Å²) in [6.45, 7) is 5.38. The Bertz CT molecular complexity index is 1080. The molecule has 1 aromatic heterocycles. The van der Waals surface area contributed by atoms with Gasteiger partial charge in [0.1, 0.15) is 6.10 Å². The van der Waals surface area contributed by atoms with Crippen molar-refractivity contribution < 1.29 is 9.53 Å². The Hall–Kier alpha value is -2.92. The summed E-state index contributed by atoms with van der Waals surface area (Å²) in [7, 11) is 0. The van der Waals surface area contributed by atoms with Crippen molar-refractivity contribution in [3.05, 3.63) is 81.1 Å². The van der Waals surface area contributed by atoms with Crippen LogP contribution in [0.1, 0.15) is 35.1 Å². The molecule has 150 valence electrons. The molecule has 0 radical (unpaired) electrons. The Balaban J connectivity index is 1.66. The van der Waals surface area contributed by atoms with E-state index in [0.717, 1.165) is 34.9 Å². The number of carbonyl (C=O) groups is 1. The Morgan fingerprint density at radius 3 is 2.55 bits per heavy atom. The molecule has 1 saturated heterocycles. The van der Waals surface area contributed by atoms with Gasteiger partial charge in [0.2, 0.25) is 0 Å². The first-order valence-electron chi connectivity index (χ1n) is 10.1. The van der Waals surface area contributed by atoms with Crippen LogP contribution in [-0.4, -0.2) is 28.5 Å². The van der Waals surface area contributed by atoms with Crippen molar-refractivity contribution in [3.63, 3.8) is 0 Å². The third-order valence-corrected chi connectivity index (χ3v) is 5.45. The molecule has 1 amide bonds. The molecule has 1 aliphatic rings. The molecule has 5 nitrogen and oxygen atoms in total. The number of ether oxygens (including phenoxy) is 1. The number of nitrogens with zero attached hydrogens (tertiary/aromatic N) is 1. The summed E-state index contributed by atoms with van der Waals surface area (Å²) in [5.41, 5.74) is 4.57. The molecule has 3 aromatic rings. The number of carbonyl (C=O) groups excluding carboxylic acids is 1. The van der Waals surface area contributed by atoms with E-state index in [4.69, 9.17) is 4.74 Å². The number of hydrogen-bond acceptors (Lipinski definition) is 3. The number of rotatable bonds is 5. The SMILES string of the molecule is Cc1ccc(CN(Cc2cc3cc(C)ccc3[nH]c2=O)C(=O)C2CCCO2)cc1. The topological polar surface area (TPSA) is 62.4 Å². The lowest BCUT2D eigenvalue weighted by Crippen LogP contribution is -2.39. The van der Waals surface area contributed by atoms with Gasteiger partial charge < -0.3 is 14.6 Å². The van der Waals surface area contributed by atoms with E-state index < -0.39 is 6.10 Å². The van der Waals surface area contributed by atoms with Gasteiger partial charge in [-0.15, -0.1) is 0 Å². The van der Waals surface area contributed by atoms with Crippen LogP contribution in [0.4, 0.5) is 0 Å². The Kier molecular flexibility index (Phi) is 5.49. The summed E-state index contributed by atoms with van der Waals surface area (Å²) in [6.07, 6.45) is 1.21. The molecule has 0 aliphatic carbocycles. The lowest BCUT2D eigenvalue weighted by molar-refractivity contribution is -0.142. The van der Waals surface area contributed by atoms with Crippen LogP contribution in [0.2, 0.25) is 0 Å². The Morgan fingerprint density at radius 1 is 1.07 bits per heavy atom. The minimum absolute atomic E-state index is 0.0492. The fourth-order valence-electron chi connectivity index (χ4n) is 3.80. The summed E-state index contributed by atoms with van der Waals surface area (Å²) in [5, 5.41) is 0.972. The van der Waals surface area contributed by atoms with Crippen LogP contribution >= 0.6 is 0 Å². The van der Waals surface area contributed by atoms with Crippen LogP contribution < -0.4 is 5.56 Å². The van der Waals surface area contributed by atoms with E-state index in [2.05, 4.69) is 4.98 Å². The maximum absolute atomic E-state index is 13.1. The highest BCUT2D eigenvalue weighted by Gasteiger charge is 2.29. The zero-order valence-corrected chi connectivity index (χ0v) is 16.9. The molecular weight excluding hydrogens is 364 g/mol. The van der Waals surface area contributed by atoms with E-state index in [-0.39, 0.29) is 18.0 Å². The fraction of sp³-hybridized carbons (Fsp3) is 0.333. The molecule has 1 N–H and O–H groups in total. The summed E-state index contributed by atoms with van der Waals surface area (Å²) in [5.74, 6) is -0.0492. The maximum atomic E-state index is 13.1. The summed E-state index contributed by atoms with van der Waals surface area (Å²) < 4.78 is 5.63.